The molecule has 4 amide bonds. The molecule has 1 spiro atoms. The number of nitrogens with one attached hydrogen (secondary N) is 2. The molecule has 13 heteroatoms. The highest BCUT2D eigenvalue weighted by Gasteiger charge is 2.63. The number of fused-ring (bicyclic) bond motifs is 5. The van der Waals surface area contributed by atoms with Crippen LogP contribution in [0, 0.1) is 14.8 Å². The van der Waals surface area contributed by atoms with Gasteiger partial charge in [-0.3, -0.25) is 20.2 Å². The Morgan fingerprint density at radius 2 is 1.97 bits per heavy atom. The van der Waals surface area contributed by atoms with Crippen LogP contribution in [0.15, 0.2) is 23.0 Å². The maximum absolute atomic E-state index is 16.0. The van der Waals surface area contributed by atoms with E-state index in [9.17, 15) is 14.4 Å². The Hall–Kier alpha value is -3.07. The highest BCUT2D eigenvalue weighted by Crippen LogP contribution is 2.49. The summed E-state index contributed by atoms with van der Waals surface area (Å²) in [5.74, 6) is -1.83. The number of rotatable bonds is 1. The molecule has 2 saturated heterocycles. The first-order valence-electron chi connectivity index (χ1n) is 10.6. The van der Waals surface area contributed by atoms with Gasteiger partial charge in [0.25, 0.3) is 0 Å². The van der Waals surface area contributed by atoms with Gasteiger partial charge in [-0.15, -0.1) is 0 Å². The van der Waals surface area contributed by atoms with Crippen LogP contribution in [-0.2, 0) is 20.7 Å². The van der Waals surface area contributed by atoms with Crippen molar-refractivity contribution in [2.75, 3.05) is 11.4 Å². The predicted octanol–water partition coefficient (Wildman–Crippen LogP) is 1.65. The van der Waals surface area contributed by atoms with Gasteiger partial charge in [0, 0.05) is 19.2 Å². The zero-order chi connectivity index (χ0) is 23.9. The number of amides is 4. The predicted molar refractivity (Wildman–Crippen MR) is 123 cm³/mol. The summed E-state index contributed by atoms with van der Waals surface area (Å²) in [6.07, 6.45) is 2.31. The molecule has 34 heavy (non-hydrogen) atoms. The Labute approximate surface area is 205 Å². The van der Waals surface area contributed by atoms with Crippen LogP contribution in [0.3, 0.4) is 0 Å². The Kier molecular flexibility index (Phi) is 4.55. The molecule has 176 valence electrons. The summed E-state index contributed by atoms with van der Waals surface area (Å²) in [7, 11) is 0. The first kappa shape index (κ1) is 21.5. The van der Waals surface area contributed by atoms with Crippen molar-refractivity contribution in [1.29, 1.82) is 0 Å². The van der Waals surface area contributed by atoms with Crippen molar-refractivity contribution in [3.63, 3.8) is 0 Å². The second kappa shape index (κ2) is 7.21. The lowest BCUT2D eigenvalue weighted by molar-refractivity contribution is -0.153. The van der Waals surface area contributed by atoms with Gasteiger partial charge in [0.05, 0.1) is 39.1 Å². The molecular weight excluding hydrogens is 562 g/mol. The molecule has 5 heterocycles. The van der Waals surface area contributed by atoms with E-state index in [1.807, 2.05) is 6.92 Å². The summed E-state index contributed by atoms with van der Waals surface area (Å²) in [5.41, 5.74) is -1.08. The quantitative estimate of drug-likeness (QED) is 0.328. The second-order valence-electron chi connectivity index (χ2n) is 8.82. The topological polar surface area (TPSA) is 132 Å². The number of barbiturate groups is 1. The molecule has 1 aromatic carbocycles. The molecule has 2 aromatic heterocycles. The minimum absolute atomic E-state index is 0.0477. The molecule has 3 aromatic rings. The lowest BCUT2D eigenvalue weighted by Gasteiger charge is -2.55. The van der Waals surface area contributed by atoms with Gasteiger partial charge in [-0.1, -0.05) is 5.16 Å². The standard InChI is InChI=1S/C21H18FIN6O5/c1-8-6-28-14-10(3-12-15(13(14)22)34-27-17(12)29-7-11(23)5-24-29)4-21(16(28)9(2)33-8)18(30)25-20(32)26-19(21)31/h3,5,7-9,16H,4,6H2,1-2H3,(H2,25,26,30,31,32)/t8-,9+,16-/m0/s1. The smallest absolute Gasteiger partial charge is 0.328 e. The highest BCUT2D eigenvalue weighted by molar-refractivity contribution is 14.1. The van der Waals surface area contributed by atoms with Crippen LogP contribution in [0.25, 0.3) is 16.8 Å². The number of hydrogen-bond donors (Lipinski definition) is 2. The molecule has 0 radical (unpaired) electrons. The van der Waals surface area contributed by atoms with Gasteiger partial charge in [-0.2, -0.15) is 5.10 Å². The van der Waals surface area contributed by atoms with Crippen LogP contribution in [0.2, 0.25) is 0 Å². The van der Waals surface area contributed by atoms with Crippen LogP contribution >= 0.6 is 22.6 Å². The molecule has 3 aliphatic rings. The molecule has 2 fully saturated rings. The van der Waals surface area contributed by atoms with E-state index < -0.39 is 41.2 Å². The molecular formula is C21H18FIN6O5. The largest absolute Gasteiger partial charge is 0.372 e. The summed E-state index contributed by atoms with van der Waals surface area (Å²) in [5, 5.41) is 13.0. The number of halogens is 2. The Balaban J connectivity index is 1.60. The minimum atomic E-state index is -1.70. The Morgan fingerprint density at radius 3 is 2.65 bits per heavy atom. The zero-order valence-electron chi connectivity index (χ0n) is 18.0. The number of anilines is 1. The average molecular weight is 580 g/mol. The molecule has 3 atom stereocenters. The lowest BCUT2D eigenvalue weighted by Crippen LogP contribution is -2.75. The van der Waals surface area contributed by atoms with Crippen molar-refractivity contribution >= 4 is 57.1 Å². The third kappa shape index (κ3) is 2.79. The lowest BCUT2D eigenvalue weighted by atomic mass is 9.66. The average Bonchev–Trinajstić information content (AvgIpc) is 3.37. The third-order valence-corrected chi connectivity index (χ3v) is 7.27. The fourth-order valence-electron chi connectivity index (χ4n) is 5.52. The number of ether oxygens (including phenoxy) is 1. The Bertz CT molecular complexity index is 1380. The van der Waals surface area contributed by atoms with Crippen molar-refractivity contribution < 1.29 is 28.0 Å². The van der Waals surface area contributed by atoms with Gasteiger partial charge >= 0.3 is 6.03 Å². The van der Waals surface area contributed by atoms with E-state index in [1.165, 1.54) is 4.68 Å². The van der Waals surface area contributed by atoms with E-state index in [2.05, 4.69) is 43.5 Å². The minimum Gasteiger partial charge on any atom is -0.372 e. The molecule has 0 saturated carbocycles. The first-order valence-corrected chi connectivity index (χ1v) is 11.7. The molecule has 0 unspecified atom stereocenters. The van der Waals surface area contributed by atoms with Gasteiger partial charge in [-0.05, 0) is 48.1 Å². The van der Waals surface area contributed by atoms with E-state index in [0.717, 1.165) is 3.57 Å². The summed E-state index contributed by atoms with van der Waals surface area (Å²) < 4.78 is 29.7. The van der Waals surface area contributed by atoms with Crippen LogP contribution < -0.4 is 15.5 Å². The summed E-state index contributed by atoms with van der Waals surface area (Å²) in [6, 6.07) is -0.0493. The number of benzene rings is 1. The number of carbonyl (C=O) groups is 3. The molecule has 0 bridgehead atoms. The zero-order valence-corrected chi connectivity index (χ0v) is 20.1. The Morgan fingerprint density at radius 1 is 1.24 bits per heavy atom. The van der Waals surface area contributed by atoms with Crippen molar-refractivity contribution in [2.45, 2.75) is 38.5 Å². The van der Waals surface area contributed by atoms with Gasteiger partial charge in [0.2, 0.25) is 23.2 Å². The number of urea groups is 1. The fraction of sp³-hybridized carbons (Fsp3) is 0.381. The summed E-state index contributed by atoms with van der Waals surface area (Å²) >= 11 is 2.10. The van der Waals surface area contributed by atoms with Crippen molar-refractivity contribution in [3.05, 3.63) is 33.4 Å². The van der Waals surface area contributed by atoms with Crippen LogP contribution in [0.5, 0.6) is 0 Å². The monoisotopic (exact) mass is 580 g/mol. The van der Waals surface area contributed by atoms with Crippen LogP contribution in [-0.4, -0.2) is 57.6 Å². The second-order valence-corrected chi connectivity index (χ2v) is 10.1. The molecule has 6 rings (SSSR count). The number of hydrogen-bond acceptors (Lipinski definition) is 8. The molecule has 11 nitrogen and oxygen atoms in total. The summed E-state index contributed by atoms with van der Waals surface area (Å²) in [6.45, 7) is 3.80. The number of carbonyl (C=O) groups excluding carboxylic acids is 3. The number of imide groups is 2. The van der Waals surface area contributed by atoms with Gasteiger partial charge in [-0.25, -0.2) is 13.9 Å². The molecule has 0 aliphatic carbocycles. The number of morpholine rings is 1. The van der Waals surface area contributed by atoms with Gasteiger partial charge in [0.15, 0.2) is 11.2 Å². The van der Waals surface area contributed by atoms with E-state index in [0.29, 0.717) is 10.9 Å². The van der Waals surface area contributed by atoms with E-state index in [1.54, 1.807) is 30.3 Å². The van der Waals surface area contributed by atoms with E-state index in [-0.39, 0.29) is 36.2 Å². The first-order chi connectivity index (χ1) is 16.2. The number of nitrogens with zero attached hydrogens (tertiary/aromatic N) is 4. The van der Waals surface area contributed by atoms with Crippen molar-refractivity contribution in [1.82, 2.24) is 25.6 Å². The maximum Gasteiger partial charge on any atom is 0.328 e. The third-order valence-electron chi connectivity index (χ3n) is 6.71. The van der Waals surface area contributed by atoms with Crippen molar-refractivity contribution in [2.24, 2.45) is 5.41 Å². The van der Waals surface area contributed by atoms with E-state index >= 15 is 4.39 Å². The maximum atomic E-state index is 16.0. The molecule has 3 aliphatic heterocycles. The van der Waals surface area contributed by atoms with Crippen LogP contribution in [0.4, 0.5) is 14.9 Å². The normalized spacial score (nSPS) is 25.8. The van der Waals surface area contributed by atoms with E-state index in [4.69, 9.17) is 9.26 Å². The SMILES string of the molecule is C[C@H]1CN2c3c(cc4c(-n5cc(I)cn5)noc4c3F)CC3(C(=O)NC(=O)NC3=O)[C@@H]2[C@@H](C)O1. The molecule has 2 N–H and O–H groups in total. The highest BCUT2D eigenvalue weighted by atomic mass is 127. The fourth-order valence-corrected chi connectivity index (χ4v) is 5.91. The van der Waals surface area contributed by atoms with Gasteiger partial charge in [0.1, 0.15) is 0 Å². The van der Waals surface area contributed by atoms with Gasteiger partial charge < -0.3 is 14.2 Å². The summed E-state index contributed by atoms with van der Waals surface area (Å²) in [4.78, 5) is 40.1. The number of aromatic nitrogens is 3. The van der Waals surface area contributed by atoms with Crippen LogP contribution in [0.1, 0.15) is 19.4 Å². The van der Waals surface area contributed by atoms with Crippen molar-refractivity contribution in [3.8, 4) is 5.82 Å².